The molecule has 0 radical (unpaired) electrons. The molecule has 0 rings (SSSR count). The van der Waals surface area contributed by atoms with Crippen LogP contribution in [0.4, 0.5) is 0 Å². The van der Waals surface area contributed by atoms with Crippen molar-refractivity contribution in [1.29, 1.82) is 0 Å². The van der Waals surface area contributed by atoms with Gasteiger partial charge in [0.2, 0.25) is 0 Å². The largest absolute Gasteiger partial charge is 0.472 e. The van der Waals surface area contributed by atoms with E-state index in [1.165, 1.54) is 135 Å². The number of phosphoric ester groups is 2. The first kappa shape index (κ1) is 80.1. The van der Waals surface area contributed by atoms with E-state index in [4.69, 9.17) is 37.0 Å². The molecular formula is C63H122O17P2. The van der Waals surface area contributed by atoms with Crippen LogP contribution in [0.25, 0.3) is 0 Å². The van der Waals surface area contributed by atoms with Crippen LogP contribution in [-0.2, 0) is 65.4 Å². The molecule has 0 aliphatic heterocycles. The number of ether oxygens (including phenoxy) is 4. The fourth-order valence-electron chi connectivity index (χ4n) is 9.37. The molecule has 0 fully saturated rings. The Balaban J connectivity index is 5.22. The van der Waals surface area contributed by atoms with E-state index in [1.807, 2.05) is 0 Å². The fraction of sp³-hybridized carbons (Fsp3) is 0.937. The summed E-state index contributed by atoms with van der Waals surface area (Å²) in [6.07, 6.45) is 40.3. The third kappa shape index (κ3) is 55.9. The molecule has 0 saturated heterocycles. The van der Waals surface area contributed by atoms with Gasteiger partial charge in [-0.2, -0.15) is 0 Å². The zero-order valence-electron chi connectivity index (χ0n) is 52.6. The second-order valence-electron chi connectivity index (χ2n) is 23.0. The molecule has 0 aliphatic carbocycles. The van der Waals surface area contributed by atoms with Crippen molar-refractivity contribution in [3.8, 4) is 0 Å². The first-order valence-corrected chi connectivity index (χ1v) is 36.2. The normalized spacial score (nSPS) is 14.6. The summed E-state index contributed by atoms with van der Waals surface area (Å²) in [5.74, 6) is -1.40. The number of phosphoric acid groups is 2. The number of aliphatic hydroxyl groups excluding tert-OH is 1. The number of unbranched alkanes of at least 4 members (excludes halogenated alkanes) is 34. The molecule has 0 aromatic heterocycles. The summed E-state index contributed by atoms with van der Waals surface area (Å²) in [5.41, 5.74) is 0. The molecule has 0 aromatic carbocycles. The van der Waals surface area contributed by atoms with E-state index in [1.54, 1.807) is 0 Å². The van der Waals surface area contributed by atoms with E-state index in [0.717, 1.165) is 102 Å². The Hall–Kier alpha value is -1.94. The third-order valence-electron chi connectivity index (χ3n) is 14.9. The van der Waals surface area contributed by atoms with Gasteiger partial charge in [-0.3, -0.25) is 37.3 Å². The van der Waals surface area contributed by atoms with Crippen molar-refractivity contribution in [2.45, 2.75) is 335 Å². The molecule has 6 atom stereocenters. The van der Waals surface area contributed by atoms with E-state index in [-0.39, 0.29) is 25.7 Å². The number of aliphatic hydroxyl groups is 1. The van der Waals surface area contributed by atoms with Gasteiger partial charge in [-0.15, -0.1) is 0 Å². The van der Waals surface area contributed by atoms with E-state index in [0.29, 0.717) is 25.7 Å². The van der Waals surface area contributed by atoms with Crippen LogP contribution in [0.2, 0.25) is 0 Å². The Bertz CT molecular complexity index is 1600. The highest BCUT2D eigenvalue weighted by atomic mass is 31.2. The predicted octanol–water partition coefficient (Wildman–Crippen LogP) is 17.4. The summed E-state index contributed by atoms with van der Waals surface area (Å²) in [6, 6.07) is 0. The van der Waals surface area contributed by atoms with Crippen LogP contribution in [0.3, 0.4) is 0 Å². The van der Waals surface area contributed by atoms with Crippen LogP contribution in [0.1, 0.15) is 317 Å². The molecular weight excluding hydrogens is 1090 g/mol. The number of carbonyl (C=O) groups is 4. The van der Waals surface area contributed by atoms with Gasteiger partial charge in [0.15, 0.2) is 12.2 Å². The summed E-state index contributed by atoms with van der Waals surface area (Å²) >= 11 is 0. The Morgan fingerprint density at radius 3 is 0.866 bits per heavy atom. The SMILES string of the molecule is CCCCCCCCCCCCCCCCC(=O)O[C@H](COC(=O)CCCCCCCCC(C)CC)COP(=O)(O)OC[C@@H](O)COP(=O)(O)OC[C@@H](COC(=O)CCCCCCCCCCC)OC(=O)CCCCCCCCCCC. The average molecular weight is 1210 g/mol. The first-order valence-electron chi connectivity index (χ1n) is 33.2. The molecule has 0 saturated carbocycles. The standard InChI is InChI=1S/C63H122O17P2/c1-6-10-13-16-19-22-23-24-25-26-29-32-39-44-49-63(68)80-59(53-74-61(66)47-42-37-34-33-35-40-45-56(5)9-4)55-78-82(71,72)76-51-57(64)50-75-81(69,70)77-54-58(79-62(67)48-43-38-31-28-21-18-15-12-8-3)52-73-60(65)46-41-36-30-27-20-17-14-11-7-2/h56-59,64H,6-55H2,1-5H3,(H,69,70)(H,71,72)/t56?,57-,58+,59+/m0/s1. The lowest BCUT2D eigenvalue weighted by molar-refractivity contribution is -0.161. The zero-order chi connectivity index (χ0) is 60.6. The molecule has 486 valence electrons. The van der Waals surface area contributed by atoms with Crippen molar-refractivity contribution >= 4 is 39.5 Å². The van der Waals surface area contributed by atoms with Gasteiger partial charge in [0.1, 0.15) is 19.3 Å². The number of rotatable bonds is 63. The Labute approximate surface area is 498 Å². The Morgan fingerprint density at radius 1 is 0.341 bits per heavy atom. The molecule has 0 aliphatic rings. The minimum Gasteiger partial charge on any atom is -0.462 e. The quantitative estimate of drug-likeness (QED) is 0.0222. The molecule has 3 N–H and O–H groups in total. The van der Waals surface area contributed by atoms with Crippen molar-refractivity contribution in [3.05, 3.63) is 0 Å². The summed E-state index contributed by atoms with van der Waals surface area (Å²) in [4.78, 5) is 72.1. The molecule has 0 aromatic rings. The summed E-state index contributed by atoms with van der Waals surface area (Å²) < 4.78 is 67.9. The van der Waals surface area contributed by atoms with Gasteiger partial charge in [-0.25, -0.2) is 9.13 Å². The van der Waals surface area contributed by atoms with Gasteiger partial charge in [0, 0.05) is 25.7 Å². The zero-order valence-corrected chi connectivity index (χ0v) is 54.4. The molecule has 0 spiro atoms. The van der Waals surface area contributed by atoms with Gasteiger partial charge in [-0.05, 0) is 31.6 Å². The minimum atomic E-state index is -4.94. The van der Waals surface area contributed by atoms with Gasteiger partial charge in [0.05, 0.1) is 26.4 Å². The van der Waals surface area contributed by atoms with Crippen molar-refractivity contribution in [3.63, 3.8) is 0 Å². The molecule has 0 amide bonds. The van der Waals surface area contributed by atoms with Crippen molar-refractivity contribution < 1.29 is 80.2 Å². The lowest BCUT2D eigenvalue weighted by Gasteiger charge is -2.21. The maximum atomic E-state index is 13.0. The monoisotopic (exact) mass is 1210 g/mol. The molecule has 3 unspecified atom stereocenters. The van der Waals surface area contributed by atoms with Gasteiger partial charge < -0.3 is 33.8 Å². The number of carbonyl (C=O) groups excluding carboxylic acids is 4. The van der Waals surface area contributed by atoms with Crippen molar-refractivity contribution in [2.75, 3.05) is 39.6 Å². The van der Waals surface area contributed by atoms with E-state index < -0.39 is 97.5 Å². The van der Waals surface area contributed by atoms with Crippen molar-refractivity contribution in [2.24, 2.45) is 5.92 Å². The molecule has 82 heavy (non-hydrogen) atoms. The fourth-order valence-corrected chi connectivity index (χ4v) is 11.0. The third-order valence-corrected chi connectivity index (χ3v) is 16.8. The highest BCUT2D eigenvalue weighted by Gasteiger charge is 2.30. The molecule has 0 heterocycles. The second-order valence-corrected chi connectivity index (χ2v) is 25.9. The van der Waals surface area contributed by atoms with Crippen LogP contribution >= 0.6 is 15.6 Å². The summed E-state index contributed by atoms with van der Waals surface area (Å²) in [5, 5.41) is 10.5. The number of esters is 4. The topological polar surface area (TPSA) is 237 Å². The predicted molar refractivity (Wildman–Crippen MR) is 326 cm³/mol. The lowest BCUT2D eigenvalue weighted by atomic mass is 10.00. The number of hydrogen-bond acceptors (Lipinski definition) is 15. The highest BCUT2D eigenvalue weighted by molar-refractivity contribution is 7.47. The van der Waals surface area contributed by atoms with Gasteiger partial charge in [0.25, 0.3) is 0 Å². The van der Waals surface area contributed by atoms with Crippen molar-refractivity contribution in [1.82, 2.24) is 0 Å². The lowest BCUT2D eigenvalue weighted by Crippen LogP contribution is -2.30. The summed E-state index contributed by atoms with van der Waals surface area (Å²) in [7, 11) is -9.88. The Morgan fingerprint density at radius 2 is 0.585 bits per heavy atom. The average Bonchev–Trinajstić information content (AvgIpc) is 3.46. The smallest absolute Gasteiger partial charge is 0.462 e. The highest BCUT2D eigenvalue weighted by Crippen LogP contribution is 2.45. The minimum absolute atomic E-state index is 0.106. The molecule has 0 bridgehead atoms. The Kier molecular flexibility index (Phi) is 55.5. The summed E-state index contributed by atoms with van der Waals surface area (Å²) in [6.45, 7) is 7.12. The van der Waals surface area contributed by atoms with Crippen LogP contribution < -0.4 is 0 Å². The maximum Gasteiger partial charge on any atom is 0.472 e. The van der Waals surface area contributed by atoms with Gasteiger partial charge in [-0.1, -0.05) is 266 Å². The van der Waals surface area contributed by atoms with Crippen LogP contribution in [0.15, 0.2) is 0 Å². The van der Waals surface area contributed by atoms with E-state index in [9.17, 15) is 43.2 Å². The number of hydrogen-bond donors (Lipinski definition) is 3. The first-order chi connectivity index (χ1) is 39.6. The van der Waals surface area contributed by atoms with Crippen LogP contribution in [0, 0.1) is 5.92 Å². The second kappa shape index (κ2) is 56.8. The van der Waals surface area contributed by atoms with E-state index in [2.05, 4.69) is 34.6 Å². The van der Waals surface area contributed by atoms with E-state index >= 15 is 0 Å². The van der Waals surface area contributed by atoms with Gasteiger partial charge >= 0.3 is 39.5 Å². The molecule has 17 nitrogen and oxygen atoms in total. The maximum absolute atomic E-state index is 13.0. The van der Waals surface area contributed by atoms with Crippen LogP contribution in [0.5, 0.6) is 0 Å². The van der Waals surface area contributed by atoms with Crippen LogP contribution in [-0.4, -0.2) is 96.7 Å². The molecule has 19 heteroatoms.